The van der Waals surface area contributed by atoms with Gasteiger partial charge < -0.3 is 5.11 Å². The lowest BCUT2D eigenvalue weighted by atomic mass is 9.74. The van der Waals surface area contributed by atoms with Crippen LogP contribution in [0.4, 0.5) is 0 Å². The van der Waals surface area contributed by atoms with Crippen LogP contribution < -0.4 is 0 Å². The molecular formula is C11H22O. The maximum absolute atomic E-state index is 10.1. The zero-order valence-electron chi connectivity index (χ0n) is 8.47. The van der Waals surface area contributed by atoms with Gasteiger partial charge in [0, 0.05) is 0 Å². The van der Waals surface area contributed by atoms with Gasteiger partial charge in [-0.1, -0.05) is 32.6 Å². The molecule has 1 nitrogen and oxygen atoms in total. The smallest absolute Gasteiger partial charge is 0.0647 e. The second kappa shape index (κ2) is 4.27. The zero-order valence-corrected chi connectivity index (χ0v) is 8.47. The molecule has 0 aromatic heterocycles. The van der Waals surface area contributed by atoms with E-state index in [2.05, 4.69) is 6.92 Å². The number of rotatable bonds is 3. The van der Waals surface area contributed by atoms with E-state index in [1.807, 2.05) is 6.92 Å². The minimum Gasteiger partial charge on any atom is -0.390 e. The Labute approximate surface area is 76.2 Å². The first kappa shape index (κ1) is 10.0. The van der Waals surface area contributed by atoms with Gasteiger partial charge in [-0.3, -0.25) is 0 Å². The van der Waals surface area contributed by atoms with Gasteiger partial charge in [0.15, 0.2) is 0 Å². The van der Waals surface area contributed by atoms with Crippen molar-refractivity contribution < 1.29 is 5.11 Å². The molecular weight excluding hydrogens is 148 g/mol. The van der Waals surface area contributed by atoms with Gasteiger partial charge in [0.05, 0.1) is 5.60 Å². The van der Waals surface area contributed by atoms with Crippen molar-refractivity contribution in [2.24, 2.45) is 5.92 Å². The van der Waals surface area contributed by atoms with Gasteiger partial charge in [0.1, 0.15) is 0 Å². The van der Waals surface area contributed by atoms with E-state index in [0.29, 0.717) is 5.92 Å². The first-order valence-electron chi connectivity index (χ1n) is 5.39. The number of aliphatic hydroxyl groups is 1. The van der Waals surface area contributed by atoms with Crippen molar-refractivity contribution >= 4 is 0 Å². The lowest BCUT2D eigenvalue weighted by molar-refractivity contribution is -0.0355. The van der Waals surface area contributed by atoms with Crippen molar-refractivity contribution in [3.8, 4) is 0 Å². The summed E-state index contributed by atoms with van der Waals surface area (Å²) in [5, 5.41) is 10.1. The van der Waals surface area contributed by atoms with Gasteiger partial charge >= 0.3 is 0 Å². The highest BCUT2D eigenvalue weighted by atomic mass is 16.3. The molecule has 0 spiro atoms. The molecule has 1 saturated carbocycles. The summed E-state index contributed by atoms with van der Waals surface area (Å²) in [5.41, 5.74) is -0.354. The molecule has 1 aliphatic rings. The number of hydrogen-bond acceptors (Lipinski definition) is 1. The summed E-state index contributed by atoms with van der Waals surface area (Å²) in [6.45, 7) is 4.24. The van der Waals surface area contributed by atoms with Gasteiger partial charge in [-0.2, -0.15) is 0 Å². The van der Waals surface area contributed by atoms with E-state index in [0.717, 1.165) is 6.42 Å². The lowest BCUT2D eigenvalue weighted by Gasteiger charge is -2.37. The molecule has 1 N–H and O–H groups in total. The van der Waals surface area contributed by atoms with Crippen LogP contribution in [0.3, 0.4) is 0 Å². The molecule has 1 heteroatoms. The van der Waals surface area contributed by atoms with E-state index in [9.17, 15) is 5.11 Å². The maximum Gasteiger partial charge on any atom is 0.0647 e. The highest BCUT2D eigenvalue weighted by molar-refractivity contribution is 4.85. The molecule has 0 heterocycles. The molecule has 1 rings (SSSR count). The van der Waals surface area contributed by atoms with Crippen LogP contribution in [0.2, 0.25) is 0 Å². The van der Waals surface area contributed by atoms with Crippen LogP contribution in [-0.4, -0.2) is 10.7 Å². The monoisotopic (exact) mass is 170 g/mol. The second-order valence-electron chi connectivity index (χ2n) is 4.44. The minimum atomic E-state index is -0.354. The fourth-order valence-corrected chi connectivity index (χ4v) is 2.29. The Morgan fingerprint density at radius 1 is 1.42 bits per heavy atom. The van der Waals surface area contributed by atoms with E-state index in [-0.39, 0.29) is 5.60 Å². The molecule has 0 aromatic rings. The van der Waals surface area contributed by atoms with Crippen LogP contribution in [0.1, 0.15) is 58.8 Å². The fraction of sp³-hybridized carbons (Fsp3) is 1.00. The number of unbranched alkanes of at least 4 members (excludes halogenated alkanes) is 1. The average Bonchev–Trinajstić information content (AvgIpc) is 2.02. The molecule has 0 aromatic carbocycles. The Bertz CT molecular complexity index is 129. The summed E-state index contributed by atoms with van der Waals surface area (Å²) in [7, 11) is 0. The normalized spacial score (nSPS) is 36.8. The largest absolute Gasteiger partial charge is 0.390 e. The number of hydrogen-bond donors (Lipinski definition) is 1. The minimum absolute atomic E-state index is 0.354. The topological polar surface area (TPSA) is 20.2 Å². The molecule has 1 fully saturated rings. The Morgan fingerprint density at radius 3 is 2.75 bits per heavy atom. The zero-order chi connectivity index (χ0) is 9.03. The Kier molecular flexibility index (Phi) is 3.57. The van der Waals surface area contributed by atoms with E-state index in [4.69, 9.17) is 0 Å². The third kappa shape index (κ3) is 2.48. The highest BCUT2D eigenvalue weighted by Gasteiger charge is 2.33. The average molecular weight is 170 g/mol. The fourth-order valence-electron chi connectivity index (χ4n) is 2.29. The summed E-state index contributed by atoms with van der Waals surface area (Å²) in [6.07, 6.45) is 8.56. The third-order valence-corrected chi connectivity index (χ3v) is 3.27. The van der Waals surface area contributed by atoms with Crippen molar-refractivity contribution in [1.29, 1.82) is 0 Å². The summed E-state index contributed by atoms with van der Waals surface area (Å²) in [5.74, 6) is 0.575. The van der Waals surface area contributed by atoms with Gasteiger partial charge in [0.25, 0.3) is 0 Å². The Balaban J connectivity index is 2.37. The first-order valence-corrected chi connectivity index (χ1v) is 5.39. The van der Waals surface area contributed by atoms with Crippen molar-refractivity contribution in [2.75, 3.05) is 0 Å². The first-order chi connectivity index (χ1) is 5.67. The van der Waals surface area contributed by atoms with Crippen LogP contribution >= 0.6 is 0 Å². The van der Waals surface area contributed by atoms with E-state index < -0.39 is 0 Å². The lowest BCUT2D eigenvalue weighted by Crippen LogP contribution is -2.37. The summed E-state index contributed by atoms with van der Waals surface area (Å²) in [6, 6.07) is 0. The summed E-state index contributed by atoms with van der Waals surface area (Å²) >= 11 is 0. The molecule has 12 heavy (non-hydrogen) atoms. The van der Waals surface area contributed by atoms with E-state index in [1.54, 1.807) is 0 Å². The predicted octanol–water partition coefficient (Wildman–Crippen LogP) is 3.12. The van der Waals surface area contributed by atoms with Gasteiger partial charge in [-0.05, 0) is 32.1 Å². The molecule has 0 bridgehead atoms. The van der Waals surface area contributed by atoms with E-state index >= 15 is 0 Å². The van der Waals surface area contributed by atoms with Crippen LogP contribution in [0.5, 0.6) is 0 Å². The molecule has 72 valence electrons. The van der Waals surface area contributed by atoms with Crippen LogP contribution in [0, 0.1) is 5.92 Å². The van der Waals surface area contributed by atoms with Crippen LogP contribution in [0.25, 0.3) is 0 Å². The van der Waals surface area contributed by atoms with Crippen LogP contribution in [0.15, 0.2) is 0 Å². The highest BCUT2D eigenvalue weighted by Crippen LogP contribution is 2.36. The molecule has 1 aliphatic carbocycles. The molecule has 2 atom stereocenters. The third-order valence-electron chi connectivity index (χ3n) is 3.27. The van der Waals surface area contributed by atoms with Crippen molar-refractivity contribution in [2.45, 2.75) is 64.4 Å². The summed E-state index contributed by atoms with van der Waals surface area (Å²) in [4.78, 5) is 0. The van der Waals surface area contributed by atoms with Gasteiger partial charge in [0.2, 0.25) is 0 Å². The van der Waals surface area contributed by atoms with E-state index in [1.165, 1.54) is 38.5 Å². The quantitative estimate of drug-likeness (QED) is 0.690. The predicted molar refractivity (Wildman–Crippen MR) is 52.1 cm³/mol. The standard InChI is InChI=1S/C11H22O/c1-3-4-7-10-8-5-6-9-11(10,2)12/h10,12H,3-9H2,1-2H3/t10-,11-/m1/s1. The van der Waals surface area contributed by atoms with Crippen molar-refractivity contribution in [3.05, 3.63) is 0 Å². The van der Waals surface area contributed by atoms with Gasteiger partial charge in [-0.25, -0.2) is 0 Å². The Morgan fingerprint density at radius 2 is 2.17 bits per heavy atom. The molecule has 0 unspecified atom stereocenters. The molecule has 0 saturated heterocycles. The van der Waals surface area contributed by atoms with Crippen LogP contribution in [-0.2, 0) is 0 Å². The summed E-state index contributed by atoms with van der Waals surface area (Å²) < 4.78 is 0. The molecule has 0 amide bonds. The molecule has 0 aliphatic heterocycles. The second-order valence-corrected chi connectivity index (χ2v) is 4.44. The maximum atomic E-state index is 10.1. The van der Waals surface area contributed by atoms with Crippen molar-refractivity contribution in [3.63, 3.8) is 0 Å². The Hall–Kier alpha value is -0.0400. The van der Waals surface area contributed by atoms with Gasteiger partial charge in [-0.15, -0.1) is 0 Å². The SMILES string of the molecule is CCCC[C@@H]1CCCC[C@@]1(C)O. The van der Waals surface area contributed by atoms with Crippen molar-refractivity contribution in [1.82, 2.24) is 0 Å². The molecule has 0 radical (unpaired) electrons.